The molecule has 0 bridgehead atoms. The SMILES string of the molecule is CCC(C)(C)N(C)c1cccc(Cl)c1C(=N)N. The standard InChI is InChI=1S/C13H20ClN3/c1-5-13(2,3)17(4)10-8-6-7-9(14)11(10)12(15)16/h6-8H,5H2,1-4H3,(H3,15,16). The Bertz CT molecular complexity index is 427. The smallest absolute Gasteiger partial charge is 0.126 e. The highest BCUT2D eigenvalue weighted by Gasteiger charge is 2.24. The molecule has 4 heteroatoms. The lowest BCUT2D eigenvalue weighted by atomic mass is 9.97. The second-order valence-electron chi connectivity index (χ2n) is 4.77. The van der Waals surface area contributed by atoms with Crippen LogP contribution in [-0.4, -0.2) is 18.4 Å². The Morgan fingerprint density at radius 3 is 2.53 bits per heavy atom. The molecule has 0 heterocycles. The van der Waals surface area contributed by atoms with Crippen molar-refractivity contribution in [3.05, 3.63) is 28.8 Å². The van der Waals surface area contributed by atoms with Gasteiger partial charge in [-0.3, -0.25) is 5.41 Å². The highest BCUT2D eigenvalue weighted by Crippen LogP contribution is 2.31. The molecule has 0 saturated heterocycles. The number of rotatable bonds is 4. The van der Waals surface area contributed by atoms with Crippen molar-refractivity contribution >= 4 is 23.1 Å². The fourth-order valence-corrected chi connectivity index (χ4v) is 1.89. The van der Waals surface area contributed by atoms with Crippen LogP contribution in [0.1, 0.15) is 32.8 Å². The van der Waals surface area contributed by atoms with Crippen molar-refractivity contribution < 1.29 is 0 Å². The molecule has 0 aromatic heterocycles. The van der Waals surface area contributed by atoms with Crippen LogP contribution >= 0.6 is 11.6 Å². The molecule has 17 heavy (non-hydrogen) atoms. The normalized spacial score (nSPS) is 11.4. The van der Waals surface area contributed by atoms with Crippen molar-refractivity contribution in [1.29, 1.82) is 5.41 Å². The molecule has 1 aromatic rings. The maximum atomic E-state index is 7.64. The number of halogens is 1. The summed E-state index contributed by atoms with van der Waals surface area (Å²) in [5, 5.41) is 8.16. The van der Waals surface area contributed by atoms with Gasteiger partial charge in [-0.25, -0.2) is 0 Å². The van der Waals surface area contributed by atoms with Crippen molar-refractivity contribution in [3.8, 4) is 0 Å². The van der Waals surface area contributed by atoms with Crippen molar-refractivity contribution in [2.24, 2.45) is 5.73 Å². The highest BCUT2D eigenvalue weighted by molar-refractivity contribution is 6.34. The number of hydrogen-bond donors (Lipinski definition) is 2. The van der Waals surface area contributed by atoms with E-state index in [1.54, 1.807) is 6.07 Å². The van der Waals surface area contributed by atoms with Crippen LogP contribution in [0.25, 0.3) is 0 Å². The summed E-state index contributed by atoms with van der Waals surface area (Å²) < 4.78 is 0. The summed E-state index contributed by atoms with van der Waals surface area (Å²) in [7, 11) is 2.00. The van der Waals surface area contributed by atoms with Gasteiger partial charge in [0.05, 0.1) is 10.6 Å². The zero-order valence-corrected chi connectivity index (χ0v) is 11.6. The predicted molar refractivity (Wildman–Crippen MR) is 75.2 cm³/mol. The minimum absolute atomic E-state index is 0.00403. The van der Waals surface area contributed by atoms with E-state index in [4.69, 9.17) is 22.7 Å². The number of benzene rings is 1. The van der Waals surface area contributed by atoms with E-state index in [9.17, 15) is 0 Å². The fourth-order valence-electron chi connectivity index (χ4n) is 1.62. The average Bonchev–Trinajstić information content (AvgIpc) is 2.27. The monoisotopic (exact) mass is 253 g/mol. The number of amidine groups is 1. The van der Waals surface area contributed by atoms with Gasteiger partial charge in [0.25, 0.3) is 0 Å². The third-order valence-corrected chi connectivity index (χ3v) is 3.71. The van der Waals surface area contributed by atoms with Crippen LogP contribution in [0.15, 0.2) is 18.2 Å². The molecule has 0 spiro atoms. The topological polar surface area (TPSA) is 53.1 Å². The van der Waals surface area contributed by atoms with Crippen molar-refractivity contribution in [2.45, 2.75) is 32.7 Å². The van der Waals surface area contributed by atoms with Gasteiger partial charge in [0.15, 0.2) is 0 Å². The van der Waals surface area contributed by atoms with Crippen LogP contribution in [0.2, 0.25) is 5.02 Å². The first-order valence-corrected chi connectivity index (χ1v) is 6.05. The molecule has 3 nitrogen and oxygen atoms in total. The van der Waals surface area contributed by atoms with Crippen molar-refractivity contribution in [1.82, 2.24) is 0 Å². The largest absolute Gasteiger partial charge is 0.384 e. The van der Waals surface area contributed by atoms with Gasteiger partial charge in [-0.15, -0.1) is 0 Å². The van der Waals surface area contributed by atoms with E-state index in [1.165, 1.54) is 0 Å². The number of anilines is 1. The molecule has 0 aliphatic carbocycles. The molecule has 0 fully saturated rings. The van der Waals surface area contributed by atoms with Crippen LogP contribution in [0.5, 0.6) is 0 Å². The van der Waals surface area contributed by atoms with E-state index < -0.39 is 0 Å². The van der Waals surface area contributed by atoms with Gasteiger partial charge >= 0.3 is 0 Å². The molecule has 94 valence electrons. The summed E-state index contributed by atoms with van der Waals surface area (Å²) in [4.78, 5) is 2.12. The zero-order valence-electron chi connectivity index (χ0n) is 10.8. The molecule has 0 unspecified atom stereocenters. The maximum absolute atomic E-state index is 7.64. The predicted octanol–water partition coefficient (Wildman–Crippen LogP) is 3.25. The third kappa shape index (κ3) is 2.72. The Balaban J connectivity index is 3.32. The van der Waals surface area contributed by atoms with Gasteiger partial charge < -0.3 is 10.6 Å². The fraction of sp³-hybridized carbons (Fsp3) is 0.462. The Morgan fingerprint density at radius 1 is 1.47 bits per heavy atom. The molecule has 0 aliphatic heterocycles. The van der Waals surface area contributed by atoms with Crippen LogP contribution in [-0.2, 0) is 0 Å². The molecule has 0 amide bonds. The molecular weight excluding hydrogens is 234 g/mol. The van der Waals surface area contributed by atoms with Crippen LogP contribution in [0.3, 0.4) is 0 Å². The average molecular weight is 254 g/mol. The van der Waals surface area contributed by atoms with E-state index in [0.29, 0.717) is 10.6 Å². The quantitative estimate of drug-likeness (QED) is 0.639. The first-order chi connectivity index (χ1) is 7.81. The molecule has 1 rings (SSSR count). The third-order valence-electron chi connectivity index (χ3n) is 3.40. The van der Waals surface area contributed by atoms with Crippen molar-refractivity contribution in [3.63, 3.8) is 0 Å². The number of hydrogen-bond acceptors (Lipinski definition) is 2. The lowest BCUT2D eigenvalue weighted by Crippen LogP contribution is -2.41. The summed E-state index contributed by atoms with van der Waals surface area (Å²) >= 11 is 6.11. The first kappa shape index (κ1) is 13.8. The molecule has 3 N–H and O–H groups in total. The van der Waals surface area contributed by atoms with Gasteiger partial charge in [0, 0.05) is 18.3 Å². The number of nitrogen functional groups attached to an aromatic ring is 1. The second kappa shape index (κ2) is 4.96. The molecular formula is C13H20ClN3. The van der Waals surface area contributed by atoms with Gasteiger partial charge in [-0.2, -0.15) is 0 Å². The summed E-state index contributed by atoms with van der Waals surface area (Å²) in [5.74, 6) is 0.00403. The summed E-state index contributed by atoms with van der Waals surface area (Å²) in [5.41, 5.74) is 7.11. The minimum Gasteiger partial charge on any atom is -0.384 e. The first-order valence-electron chi connectivity index (χ1n) is 5.68. The lowest BCUT2D eigenvalue weighted by Gasteiger charge is -2.38. The second-order valence-corrected chi connectivity index (χ2v) is 5.18. The Morgan fingerprint density at radius 2 is 2.06 bits per heavy atom. The maximum Gasteiger partial charge on any atom is 0.126 e. The Kier molecular flexibility index (Phi) is 4.04. The van der Waals surface area contributed by atoms with E-state index in [-0.39, 0.29) is 11.4 Å². The van der Waals surface area contributed by atoms with Crippen LogP contribution in [0.4, 0.5) is 5.69 Å². The zero-order chi connectivity index (χ0) is 13.2. The van der Waals surface area contributed by atoms with Crippen LogP contribution < -0.4 is 10.6 Å². The number of nitrogens with zero attached hydrogens (tertiary/aromatic N) is 1. The molecule has 0 radical (unpaired) electrons. The summed E-state index contributed by atoms with van der Waals surface area (Å²) in [6.07, 6.45) is 0.993. The van der Waals surface area contributed by atoms with E-state index in [1.807, 2.05) is 19.2 Å². The van der Waals surface area contributed by atoms with Gasteiger partial charge in [0.1, 0.15) is 5.84 Å². The Labute approximate surface area is 108 Å². The number of nitrogens with two attached hydrogens (primary N) is 1. The Hall–Kier alpha value is -1.22. The van der Waals surface area contributed by atoms with Crippen LogP contribution in [0, 0.1) is 5.41 Å². The lowest BCUT2D eigenvalue weighted by molar-refractivity contribution is 0.470. The van der Waals surface area contributed by atoms with Crippen molar-refractivity contribution in [2.75, 3.05) is 11.9 Å². The highest BCUT2D eigenvalue weighted by atomic mass is 35.5. The van der Waals surface area contributed by atoms with E-state index in [0.717, 1.165) is 12.1 Å². The number of nitrogens with one attached hydrogen (secondary N) is 1. The van der Waals surface area contributed by atoms with E-state index >= 15 is 0 Å². The summed E-state index contributed by atoms with van der Waals surface area (Å²) in [6, 6.07) is 5.58. The molecule has 0 saturated carbocycles. The van der Waals surface area contributed by atoms with E-state index in [2.05, 4.69) is 25.7 Å². The van der Waals surface area contributed by atoms with Gasteiger partial charge in [-0.05, 0) is 32.4 Å². The van der Waals surface area contributed by atoms with Gasteiger partial charge in [0.2, 0.25) is 0 Å². The van der Waals surface area contributed by atoms with Gasteiger partial charge in [-0.1, -0.05) is 24.6 Å². The minimum atomic E-state index is -0.00508. The summed E-state index contributed by atoms with van der Waals surface area (Å²) in [6.45, 7) is 6.43. The molecule has 0 atom stereocenters. The molecule has 1 aromatic carbocycles. The molecule has 0 aliphatic rings.